The molecular weight excluding hydrogens is 549 g/mol. The second-order valence-electron chi connectivity index (χ2n) is 9.45. The van der Waals surface area contributed by atoms with Gasteiger partial charge < -0.3 is 19.7 Å². The molecule has 0 aliphatic carbocycles. The van der Waals surface area contributed by atoms with Gasteiger partial charge >= 0.3 is 0 Å². The largest absolute Gasteiger partial charge is 0.486 e. The van der Waals surface area contributed by atoms with Crippen LogP contribution in [-0.2, 0) is 32.6 Å². The summed E-state index contributed by atoms with van der Waals surface area (Å²) in [4.78, 5) is 28.7. The van der Waals surface area contributed by atoms with Gasteiger partial charge in [0, 0.05) is 31.1 Å². The van der Waals surface area contributed by atoms with Crippen LogP contribution in [0.3, 0.4) is 0 Å². The Morgan fingerprint density at radius 2 is 1.63 bits per heavy atom. The number of sulfonamides is 1. The van der Waals surface area contributed by atoms with E-state index in [4.69, 9.17) is 9.47 Å². The topological polar surface area (TPSA) is 105 Å². The molecule has 1 aliphatic rings. The summed E-state index contributed by atoms with van der Waals surface area (Å²) in [6.07, 6.45) is 0.150. The fraction of sp³-hybridized carbons (Fsp3) is 0.333. The first-order valence-electron chi connectivity index (χ1n) is 13.5. The van der Waals surface area contributed by atoms with Crippen molar-refractivity contribution in [3.63, 3.8) is 0 Å². The number of ether oxygens (including phenoxy) is 2. The number of halogens is 1. The molecule has 3 aromatic rings. The fourth-order valence-electron chi connectivity index (χ4n) is 4.56. The van der Waals surface area contributed by atoms with E-state index in [1.807, 2.05) is 30.3 Å². The van der Waals surface area contributed by atoms with Crippen LogP contribution in [0.4, 0.5) is 10.1 Å². The molecule has 1 aliphatic heterocycles. The third-order valence-corrected chi connectivity index (χ3v) is 8.45. The monoisotopic (exact) mass is 583 g/mol. The zero-order chi connectivity index (χ0) is 29.4. The summed E-state index contributed by atoms with van der Waals surface area (Å²) in [6.45, 7) is 3.40. The summed E-state index contributed by atoms with van der Waals surface area (Å²) < 4.78 is 53.6. The molecule has 1 N–H and O–H groups in total. The molecule has 11 heteroatoms. The lowest BCUT2D eigenvalue weighted by atomic mass is 10.0. The lowest BCUT2D eigenvalue weighted by Crippen LogP contribution is -2.53. The highest BCUT2D eigenvalue weighted by atomic mass is 32.2. The Kier molecular flexibility index (Phi) is 9.82. The number of anilines is 1. The van der Waals surface area contributed by atoms with E-state index >= 15 is 0 Å². The van der Waals surface area contributed by atoms with Gasteiger partial charge in [0.2, 0.25) is 21.8 Å². The maximum Gasteiger partial charge on any atom is 0.244 e. The van der Waals surface area contributed by atoms with Crippen LogP contribution in [0.2, 0.25) is 0 Å². The Bertz CT molecular complexity index is 1470. The van der Waals surface area contributed by atoms with Crippen LogP contribution in [0.5, 0.6) is 11.5 Å². The van der Waals surface area contributed by atoms with E-state index in [1.165, 1.54) is 36.1 Å². The van der Waals surface area contributed by atoms with Gasteiger partial charge in [0.15, 0.2) is 11.5 Å². The zero-order valence-electron chi connectivity index (χ0n) is 23.1. The average Bonchev–Trinajstić information content (AvgIpc) is 2.98. The molecule has 0 radical (unpaired) electrons. The van der Waals surface area contributed by atoms with Gasteiger partial charge in [-0.25, -0.2) is 12.8 Å². The normalized spacial score (nSPS) is 13.2. The van der Waals surface area contributed by atoms with Crippen LogP contribution in [0.15, 0.2) is 72.8 Å². The van der Waals surface area contributed by atoms with Crippen molar-refractivity contribution in [2.24, 2.45) is 0 Å². The van der Waals surface area contributed by atoms with E-state index in [9.17, 15) is 22.4 Å². The molecule has 0 spiro atoms. The molecule has 1 heterocycles. The van der Waals surface area contributed by atoms with Crippen molar-refractivity contribution >= 4 is 27.5 Å². The Morgan fingerprint density at radius 3 is 2.32 bits per heavy atom. The second kappa shape index (κ2) is 13.5. The van der Waals surface area contributed by atoms with Crippen molar-refractivity contribution in [2.45, 2.75) is 32.9 Å². The van der Waals surface area contributed by atoms with Crippen LogP contribution in [-0.4, -0.2) is 63.2 Å². The van der Waals surface area contributed by atoms with Gasteiger partial charge in [-0.3, -0.25) is 13.9 Å². The van der Waals surface area contributed by atoms with E-state index in [1.54, 1.807) is 25.1 Å². The van der Waals surface area contributed by atoms with Crippen molar-refractivity contribution in [3.05, 3.63) is 89.7 Å². The van der Waals surface area contributed by atoms with Crippen LogP contribution < -0.4 is 19.1 Å². The molecule has 3 aromatic carbocycles. The highest BCUT2D eigenvalue weighted by Gasteiger charge is 2.34. The molecule has 0 saturated carbocycles. The lowest BCUT2D eigenvalue weighted by Gasteiger charge is -2.34. The average molecular weight is 584 g/mol. The van der Waals surface area contributed by atoms with Crippen LogP contribution in [0, 0.1) is 5.82 Å². The predicted octanol–water partition coefficient (Wildman–Crippen LogP) is 3.53. The van der Waals surface area contributed by atoms with Gasteiger partial charge in [-0.15, -0.1) is 0 Å². The highest BCUT2D eigenvalue weighted by molar-refractivity contribution is 7.92. The molecule has 0 bridgehead atoms. The van der Waals surface area contributed by atoms with Crippen LogP contribution in [0.25, 0.3) is 0 Å². The standard InChI is InChI=1S/C30H34FN3O6S/c1-3-32-30(36)26(18-22-10-6-5-7-11-22)33(20-23-12-8-9-13-25(23)31)29(35)21-34(41(37,38)4-2)24-14-15-27-28(19-24)40-17-16-39-27/h5-15,19,26H,3-4,16-18,20-21H2,1-2H3,(H,32,36)/t26-/m0/s1. The SMILES string of the molecule is CCNC(=O)[C@H](Cc1ccccc1)N(Cc1ccccc1F)C(=O)CN(c1ccc2c(c1)OCCO2)S(=O)(=O)CC. The Balaban J connectivity index is 1.74. The number of amides is 2. The molecule has 0 saturated heterocycles. The smallest absolute Gasteiger partial charge is 0.244 e. The lowest BCUT2D eigenvalue weighted by molar-refractivity contribution is -0.140. The summed E-state index contributed by atoms with van der Waals surface area (Å²) >= 11 is 0. The number of benzene rings is 3. The zero-order valence-corrected chi connectivity index (χ0v) is 23.9. The number of carbonyl (C=O) groups excluding carboxylic acids is 2. The van der Waals surface area contributed by atoms with Gasteiger partial charge in [-0.05, 0) is 37.6 Å². The third-order valence-electron chi connectivity index (χ3n) is 6.71. The molecule has 2 amide bonds. The molecule has 1 atom stereocenters. The van der Waals surface area contributed by atoms with Crippen molar-refractivity contribution < 1.29 is 31.9 Å². The number of rotatable bonds is 12. The molecule has 0 fully saturated rings. The van der Waals surface area contributed by atoms with Crippen LogP contribution in [0.1, 0.15) is 25.0 Å². The first-order chi connectivity index (χ1) is 19.7. The van der Waals surface area contributed by atoms with Gasteiger partial charge in [-0.1, -0.05) is 48.5 Å². The molecule has 0 unspecified atom stereocenters. The number of nitrogens with zero attached hydrogens (tertiary/aromatic N) is 2. The van der Waals surface area contributed by atoms with Crippen molar-refractivity contribution in [2.75, 3.05) is 36.4 Å². The minimum atomic E-state index is -3.95. The third kappa shape index (κ3) is 7.35. The highest BCUT2D eigenvalue weighted by Crippen LogP contribution is 2.35. The fourth-order valence-corrected chi connectivity index (χ4v) is 5.62. The summed E-state index contributed by atoms with van der Waals surface area (Å²) in [5, 5.41) is 2.77. The van der Waals surface area contributed by atoms with Crippen LogP contribution >= 0.6 is 0 Å². The number of hydrogen-bond acceptors (Lipinski definition) is 6. The van der Waals surface area contributed by atoms with Crippen molar-refractivity contribution in [1.29, 1.82) is 0 Å². The van der Waals surface area contributed by atoms with Gasteiger partial charge in [0.1, 0.15) is 31.6 Å². The predicted molar refractivity (Wildman–Crippen MR) is 154 cm³/mol. The van der Waals surface area contributed by atoms with E-state index in [2.05, 4.69) is 5.32 Å². The van der Waals surface area contributed by atoms with E-state index in [-0.39, 0.29) is 30.0 Å². The van der Waals surface area contributed by atoms with E-state index in [0.29, 0.717) is 31.3 Å². The summed E-state index contributed by atoms with van der Waals surface area (Å²) in [5.41, 5.74) is 1.21. The minimum absolute atomic E-state index is 0.150. The Morgan fingerprint density at radius 1 is 0.951 bits per heavy atom. The first-order valence-corrected chi connectivity index (χ1v) is 15.1. The number of likely N-dealkylation sites (N-methyl/N-ethyl adjacent to an activating group) is 1. The number of fused-ring (bicyclic) bond motifs is 1. The maximum absolute atomic E-state index is 14.8. The summed E-state index contributed by atoms with van der Waals surface area (Å²) in [5.74, 6) is -1.06. The minimum Gasteiger partial charge on any atom is -0.486 e. The number of carbonyl (C=O) groups is 2. The molecule has 218 valence electrons. The second-order valence-corrected chi connectivity index (χ2v) is 11.6. The van der Waals surface area contributed by atoms with Gasteiger partial charge in [0.25, 0.3) is 0 Å². The van der Waals surface area contributed by atoms with E-state index in [0.717, 1.165) is 9.87 Å². The first kappa shape index (κ1) is 29.9. The number of hydrogen-bond donors (Lipinski definition) is 1. The molecular formula is C30H34FN3O6S. The molecule has 4 rings (SSSR count). The quantitative estimate of drug-likeness (QED) is 0.350. The maximum atomic E-state index is 14.8. The Labute approximate surface area is 239 Å². The summed E-state index contributed by atoms with van der Waals surface area (Å²) in [6, 6.07) is 18.8. The van der Waals surface area contributed by atoms with Crippen molar-refractivity contribution in [1.82, 2.24) is 10.2 Å². The molecule has 0 aromatic heterocycles. The van der Waals surface area contributed by atoms with Gasteiger partial charge in [-0.2, -0.15) is 0 Å². The molecule has 41 heavy (non-hydrogen) atoms. The number of nitrogens with one attached hydrogen (secondary N) is 1. The Hall–Kier alpha value is -4.12. The molecule has 9 nitrogen and oxygen atoms in total. The van der Waals surface area contributed by atoms with E-state index < -0.39 is 40.2 Å². The van der Waals surface area contributed by atoms with Crippen molar-refractivity contribution in [3.8, 4) is 11.5 Å². The van der Waals surface area contributed by atoms with Gasteiger partial charge in [0.05, 0.1) is 11.4 Å². The summed E-state index contributed by atoms with van der Waals surface area (Å²) in [7, 11) is -3.95.